The highest BCUT2D eigenvalue weighted by Crippen LogP contribution is 2.30. The number of carbonyl (C=O) groups excluding carboxylic acids is 1. The lowest BCUT2D eigenvalue weighted by Crippen LogP contribution is -2.12. The van der Waals surface area contributed by atoms with Gasteiger partial charge < -0.3 is 20.1 Å². The van der Waals surface area contributed by atoms with Crippen molar-refractivity contribution >= 4 is 33.8 Å². The van der Waals surface area contributed by atoms with Gasteiger partial charge in [-0.15, -0.1) is 11.3 Å². The number of methoxy groups -OCH3 is 1. The number of hydrogen-bond acceptors (Lipinski definition) is 7. The molecule has 7 nitrogen and oxygen atoms in total. The van der Waals surface area contributed by atoms with Crippen molar-refractivity contribution in [3.05, 3.63) is 84.0 Å². The van der Waals surface area contributed by atoms with Crippen LogP contribution in [0.5, 0.6) is 17.4 Å². The van der Waals surface area contributed by atoms with Crippen molar-refractivity contribution in [2.24, 2.45) is 0 Å². The Bertz CT molecular complexity index is 1130. The summed E-state index contributed by atoms with van der Waals surface area (Å²) in [5, 5.41) is 8.65. The Morgan fingerprint density at radius 3 is 2.57 bits per heavy atom. The molecule has 0 spiro atoms. The van der Waals surface area contributed by atoms with Crippen molar-refractivity contribution < 1.29 is 14.3 Å². The maximum absolute atomic E-state index is 12.6. The number of anilines is 3. The van der Waals surface area contributed by atoms with Crippen molar-refractivity contribution in [1.82, 2.24) is 9.97 Å². The lowest BCUT2D eigenvalue weighted by atomic mass is 10.2. The normalized spacial score (nSPS) is 10.3. The van der Waals surface area contributed by atoms with Gasteiger partial charge >= 0.3 is 0 Å². The van der Waals surface area contributed by atoms with Gasteiger partial charge in [0.25, 0.3) is 5.91 Å². The first kappa shape index (κ1) is 19.4. The fourth-order valence-corrected chi connectivity index (χ4v) is 3.23. The number of nitrogens with one attached hydrogen (secondary N) is 2. The van der Waals surface area contributed by atoms with Crippen LogP contribution < -0.4 is 20.1 Å². The number of rotatable bonds is 7. The molecule has 0 bridgehead atoms. The zero-order chi connectivity index (χ0) is 20.8. The number of amides is 1. The van der Waals surface area contributed by atoms with E-state index < -0.39 is 0 Å². The Morgan fingerprint density at radius 1 is 0.967 bits per heavy atom. The van der Waals surface area contributed by atoms with Gasteiger partial charge in [-0.3, -0.25) is 4.79 Å². The molecule has 4 rings (SSSR count). The van der Waals surface area contributed by atoms with E-state index in [-0.39, 0.29) is 5.91 Å². The van der Waals surface area contributed by atoms with Crippen molar-refractivity contribution in [1.29, 1.82) is 0 Å². The average molecular weight is 418 g/mol. The van der Waals surface area contributed by atoms with Crippen LogP contribution in [0.15, 0.2) is 78.4 Å². The van der Waals surface area contributed by atoms with Crippen LogP contribution in [-0.4, -0.2) is 23.0 Å². The van der Waals surface area contributed by atoms with Gasteiger partial charge in [0.05, 0.1) is 19.0 Å². The summed E-state index contributed by atoms with van der Waals surface area (Å²) in [7, 11) is 1.58. The highest BCUT2D eigenvalue weighted by molar-refractivity contribution is 7.13. The van der Waals surface area contributed by atoms with Crippen molar-refractivity contribution in [3.8, 4) is 17.4 Å². The van der Waals surface area contributed by atoms with Gasteiger partial charge in [0.2, 0.25) is 5.88 Å². The highest BCUT2D eigenvalue weighted by atomic mass is 32.1. The van der Waals surface area contributed by atoms with Crippen LogP contribution in [0.1, 0.15) is 10.4 Å². The Kier molecular flexibility index (Phi) is 5.86. The van der Waals surface area contributed by atoms with Gasteiger partial charge in [-0.05, 0) is 36.4 Å². The number of ether oxygens (including phenoxy) is 2. The maximum atomic E-state index is 12.6. The molecule has 2 heterocycles. The molecular formula is C22H18N4O3S. The summed E-state index contributed by atoms with van der Waals surface area (Å²) in [4.78, 5) is 21.0. The zero-order valence-corrected chi connectivity index (χ0v) is 16.8. The molecule has 0 unspecified atom stereocenters. The van der Waals surface area contributed by atoms with Crippen LogP contribution in [0.4, 0.5) is 16.5 Å². The molecule has 4 aromatic rings. The van der Waals surface area contributed by atoms with Crippen LogP contribution in [0.2, 0.25) is 0 Å². The van der Waals surface area contributed by atoms with Gasteiger partial charge in [0, 0.05) is 28.9 Å². The van der Waals surface area contributed by atoms with Crippen LogP contribution in [-0.2, 0) is 0 Å². The monoisotopic (exact) mass is 418 g/mol. The van der Waals surface area contributed by atoms with Crippen molar-refractivity contribution in [2.45, 2.75) is 0 Å². The Balaban J connectivity index is 1.41. The molecule has 1 amide bonds. The molecule has 0 saturated heterocycles. The van der Waals surface area contributed by atoms with Gasteiger partial charge in [-0.1, -0.05) is 18.2 Å². The molecule has 8 heteroatoms. The van der Waals surface area contributed by atoms with Crippen molar-refractivity contribution in [2.75, 3.05) is 17.7 Å². The molecule has 0 aliphatic carbocycles. The van der Waals surface area contributed by atoms with Gasteiger partial charge in [0.1, 0.15) is 0 Å². The third-order valence-corrected chi connectivity index (χ3v) is 4.77. The second kappa shape index (κ2) is 9.06. The molecule has 0 fully saturated rings. The highest BCUT2D eigenvalue weighted by Gasteiger charge is 2.09. The molecule has 2 aromatic carbocycles. The van der Waals surface area contributed by atoms with E-state index in [9.17, 15) is 4.79 Å². The lowest BCUT2D eigenvalue weighted by molar-refractivity contribution is 0.102. The SMILES string of the molecule is COc1ccccc1Oc1ccc(NC(=O)c2cccc(Nc3nccs3)c2)cn1. The van der Waals surface area contributed by atoms with Crippen LogP contribution in [0.3, 0.4) is 0 Å². The number of aromatic nitrogens is 2. The lowest BCUT2D eigenvalue weighted by Gasteiger charge is -2.10. The molecule has 2 N–H and O–H groups in total. The fourth-order valence-electron chi connectivity index (χ4n) is 2.68. The van der Waals surface area contributed by atoms with E-state index in [0.29, 0.717) is 28.6 Å². The summed E-state index contributed by atoms with van der Waals surface area (Å²) >= 11 is 1.49. The third kappa shape index (κ3) is 4.73. The van der Waals surface area contributed by atoms with E-state index in [1.54, 1.807) is 55.9 Å². The Hall–Kier alpha value is -3.91. The summed E-state index contributed by atoms with van der Waals surface area (Å²) in [6, 6.07) is 17.9. The predicted molar refractivity (Wildman–Crippen MR) is 117 cm³/mol. The molecule has 0 atom stereocenters. The minimum atomic E-state index is -0.238. The van der Waals surface area contributed by atoms with E-state index >= 15 is 0 Å². The first-order valence-corrected chi connectivity index (χ1v) is 9.94. The molecule has 2 aromatic heterocycles. The van der Waals surface area contributed by atoms with E-state index in [1.165, 1.54) is 11.3 Å². The second-order valence-electron chi connectivity index (χ2n) is 6.14. The summed E-state index contributed by atoms with van der Waals surface area (Å²) < 4.78 is 11.0. The number of hydrogen-bond donors (Lipinski definition) is 2. The average Bonchev–Trinajstić information content (AvgIpc) is 3.29. The zero-order valence-electron chi connectivity index (χ0n) is 16.0. The molecule has 0 aliphatic heterocycles. The quantitative estimate of drug-likeness (QED) is 0.422. The standard InChI is InChI=1S/C22H18N4O3S/c1-28-18-7-2-3-8-19(18)29-20-10-9-17(14-24-20)25-21(27)15-5-4-6-16(13-15)26-22-23-11-12-30-22/h2-14H,1H3,(H,23,26)(H,25,27). The van der Waals surface area contributed by atoms with Gasteiger partial charge in [0.15, 0.2) is 16.6 Å². The van der Waals surface area contributed by atoms with Gasteiger partial charge in [-0.2, -0.15) is 0 Å². The molecule has 150 valence electrons. The summed E-state index contributed by atoms with van der Waals surface area (Å²) in [5.41, 5.74) is 1.87. The Morgan fingerprint density at radius 2 is 1.83 bits per heavy atom. The summed E-state index contributed by atoms with van der Waals surface area (Å²) in [5.74, 6) is 1.34. The molecule has 0 saturated carbocycles. The van der Waals surface area contributed by atoms with Crippen LogP contribution in [0.25, 0.3) is 0 Å². The van der Waals surface area contributed by atoms with E-state index in [4.69, 9.17) is 9.47 Å². The molecule has 0 radical (unpaired) electrons. The third-order valence-electron chi connectivity index (χ3n) is 4.09. The van der Waals surface area contributed by atoms with Crippen molar-refractivity contribution in [3.63, 3.8) is 0 Å². The topological polar surface area (TPSA) is 85.4 Å². The first-order chi connectivity index (χ1) is 14.7. The predicted octanol–water partition coefficient (Wildman–Crippen LogP) is 5.33. The fraction of sp³-hybridized carbons (Fsp3) is 0.0455. The second-order valence-corrected chi connectivity index (χ2v) is 7.03. The molecular weight excluding hydrogens is 400 g/mol. The Labute approximate surface area is 177 Å². The van der Waals surface area contributed by atoms with Gasteiger partial charge in [-0.25, -0.2) is 9.97 Å². The maximum Gasteiger partial charge on any atom is 0.255 e. The largest absolute Gasteiger partial charge is 0.493 e. The number of pyridine rings is 1. The molecule has 30 heavy (non-hydrogen) atoms. The van der Waals surface area contributed by atoms with Crippen LogP contribution in [0, 0.1) is 0 Å². The minimum absolute atomic E-state index is 0.238. The first-order valence-electron chi connectivity index (χ1n) is 9.06. The number of nitrogens with zero attached hydrogens (tertiary/aromatic N) is 2. The minimum Gasteiger partial charge on any atom is -0.493 e. The number of thiazole rings is 1. The smallest absolute Gasteiger partial charge is 0.255 e. The van der Waals surface area contributed by atoms with Crippen LogP contribution >= 0.6 is 11.3 Å². The molecule has 0 aliphatic rings. The van der Waals surface area contributed by atoms with E-state index in [2.05, 4.69) is 20.6 Å². The number of para-hydroxylation sites is 2. The summed E-state index contributed by atoms with van der Waals surface area (Å²) in [6.45, 7) is 0. The summed E-state index contributed by atoms with van der Waals surface area (Å²) in [6.07, 6.45) is 3.26. The van der Waals surface area contributed by atoms with E-state index in [0.717, 1.165) is 10.8 Å². The van der Waals surface area contributed by atoms with E-state index in [1.807, 2.05) is 29.6 Å². The number of carbonyl (C=O) groups is 1. The number of benzene rings is 2.